The van der Waals surface area contributed by atoms with E-state index in [-0.39, 0.29) is 0 Å². The van der Waals surface area contributed by atoms with E-state index in [4.69, 9.17) is 4.42 Å². The van der Waals surface area contributed by atoms with Gasteiger partial charge in [0.15, 0.2) is 5.09 Å². The van der Waals surface area contributed by atoms with Gasteiger partial charge in [-0.25, -0.2) is 8.57 Å². The average Bonchev–Trinajstić information content (AvgIpc) is 2.47. The van der Waals surface area contributed by atoms with Crippen LogP contribution >= 0.6 is 0 Å². The van der Waals surface area contributed by atoms with E-state index in [2.05, 4.69) is 4.36 Å². The zero-order valence-electron chi connectivity index (χ0n) is 9.70. The molecular weight excluding hydrogens is 214 g/mol. The van der Waals surface area contributed by atoms with E-state index in [0.29, 0.717) is 16.4 Å². The molecule has 0 fully saturated rings. The van der Waals surface area contributed by atoms with Crippen molar-refractivity contribution in [2.24, 2.45) is 4.36 Å². The van der Waals surface area contributed by atoms with Crippen molar-refractivity contribution in [1.29, 1.82) is 0 Å². The van der Waals surface area contributed by atoms with Gasteiger partial charge in [-0.2, -0.15) is 0 Å². The Labute approximate surface area is 90.5 Å². The van der Waals surface area contributed by atoms with E-state index in [1.165, 1.54) is 13.3 Å². The molecule has 1 rings (SSSR count). The third-order valence-corrected chi connectivity index (χ3v) is 3.92. The summed E-state index contributed by atoms with van der Waals surface area (Å²) < 4.78 is 21.1. The quantitative estimate of drug-likeness (QED) is 0.845. The Morgan fingerprint density at radius 2 is 2.07 bits per heavy atom. The van der Waals surface area contributed by atoms with Crippen molar-refractivity contribution in [3.63, 3.8) is 0 Å². The lowest BCUT2D eigenvalue weighted by Gasteiger charge is -2.15. The molecule has 0 saturated heterocycles. The van der Waals surface area contributed by atoms with Gasteiger partial charge in [-0.1, -0.05) is 0 Å². The molecule has 1 N–H and O–H groups in total. The zero-order valence-corrected chi connectivity index (χ0v) is 10.5. The highest BCUT2D eigenvalue weighted by atomic mass is 32.2. The molecule has 0 aliphatic heterocycles. The fraction of sp³-hybridized carbons (Fsp3) is 0.600. The maximum absolute atomic E-state index is 11.9. The van der Waals surface area contributed by atoms with Crippen LogP contribution in [0.5, 0.6) is 0 Å². The van der Waals surface area contributed by atoms with E-state index >= 15 is 0 Å². The molecule has 1 aromatic rings. The second-order valence-corrected chi connectivity index (χ2v) is 6.45. The van der Waals surface area contributed by atoms with Gasteiger partial charge in [0.1, 0.15) is 15.5 Å². The molecule has 0 aromatic carbocycles. The lowest BCUT2D eigenvalue weighted by molar-refractivity contribution is 0.0770. The summed E-state index contributed by atoms with van der Waals surface area (Å²) in [5.74, 6) is 0.579. The van der Waals surface area contributed by atoms with E-state index in [1.54, 1.807) is 26.8 Å². The van der Waals surface area contributed by atoms with Gasteiger partial charge in [0.05, 0.1) is 5.60 Å². The van der Waals surface area contributed by atoms with Gasteiger partial charge < -0.3 is 9.52 Å². The Hall–Kier alpha value is -0.810. The van der Waals surface area contributed by atoms with Crippen molar-refractivity contribution >= 4 is 9.73 Å². The first kappa shape index (κ1) is 12.3. The third kappa shape index (κ3) is 2.41. The van der Waals surface area contributed by atoms with Crippen molar-refractivity contribution < 1.29 is 13.7 Å². The number of hydrogen-bond acceptors (Lipinski definition) is 4. The summed E-state index contributed by atoms with van der Waals surface area (Å²) in [6.07, 6.45) is 1.51. The SMILES string of the molecule is CN=S(C)(=O)c1cc(C(C)(C)O)c(C)o1. The smallest absolute Gasteiger partial charge is 0.198 e. The van der Waals surface area contributed by atoms with E-state index < -0.39 is 15.3 Å². The van der Waals surface area contributed by atoms with Gasteiger partial charge in [-0.3, -0.25) is 0 Å². The van der Waals surface area contributed by atoms with Gasteiger partial charge in [0.25, 0.3) is 0 Å². The molecule has 0 aliphatic carbocycles. The van der Waals surface area contributed by atoms with Crippen molar-refractivity contribution in [3.8, 4) is 0 Å². The number of aryl methyl sites for hydroxylation is 1. The molecule has 4 nitrogen and oxygen atoms in total. The highest BCUT2D eigenvalue weighted by Crippen LogP contribution is 2.28. The number of hydrogen-bond donors (Lipinski definition) is 1. The minimum atomic E-state index is -2.46. The molecule has 0 radical (unpaired) electrons. The van der Waals surface area contributed by atoms with Crippen LogP contribution in [0, 0.1) is 6.92 Å². The van der Waals surface area contributed by atoms with Crippen LogP contribution in [0.3, 0.4) is 0 Å². The Morgan fingerprint density at radius 3 is 2.40 bits per heavy atom. The predicted molar refractivity (Wildman–Crippen MR) is 59.4 cm³/mol. The number of aliphatic hydroxyl groups is 1. The first-order valence-electron chi connectivity index (χ1n) is 4.62. The fourth-order valence-electron chi connectivity index (χ4n) is 1.34. The van der Waals surface area contributed by atoms with Gasteiger partial charge >= 0.3 is 0 Å². The van der Waals surface area contributed by atoms with Crippen LogP contribution in [0.4, 0.5) is 0 Å². The summed E-state index contributed by atoms with van der Waals surface area (Å²) in [6, 6.07) is 1.62. The first-order chi connectivity index (χ1) is 6.68. The van der Waals surface area contributed by atoms with E-state index in [1.807, 2.05) is 0 Å². The summed E-state index contributed by atoms with van der Waals surface area (Å²) >= 11 is 0. The normalized spacial score (nSPS) is 16.1. The maximum atomic E-state index is 11.9. The largest absolute Gasteiger partial charge is 0.451 e. The molecule has 86 valence electrons. The molecule has 5 heteroatoms. The molecule has 0 aliphatic rings. The van der Waals surface area contributed by atoms with Crippen molar-refractivity contribution in [1.82, 2.24) is 0 Å². The minimum absolute atomic E-state index is 0.319. The van der Waals surface area contributed by atoms with E-state index in [9.17, 15) is 9.32 Å². The van der Waals surface area contributed by atoms with Crippen LogP contribution in [0.1, 0.15) is 25.2 Å². The fourth-order valence-corrected chi connectivity index (χ4v) is 2.13. The average molecular weight is 231 g/mol. The van der Waals surface area contributed by atoms with E-state index in [0.717, 1.165) is 0 Å². The lowest BCUT2D eigenvalue weighted by Crippen LogP contribution is -2.15. The van der Waals surface area contributed by atoms with Gasteiger partial charge in [-0.05, 0) is 20.8 Å². The van der Waals surface area contributed by atoms with Gasteiger partial charge in [0.2, 0.25) is 0 Å². The Morgan fingerprint density at radius 1 is 1.53 bits per heavy atom. The second kappa shape index (κ2) is 3.64. The van der Waals surface area contributed by atoms with Crippen LogP contribution in [0.15, 0.2) is 19.9 Å². The molecule has 0 bridgehead atoms. The molecule has 0 amide bonds. The van der Waals surface area contributed by atoms with Gasteiger partial charge in [0, 0.05) is 24.9 Å². The molecule has 1 aromatic heterocycles. The zero-order chi connectivity index (χ0) is 11.9. The summed E-state index contributed by atoms with van der Waals surface area (Å²) in [6.45, 7) is 5.06. The molecule has 1 atom stereocenters. The van der Waals surface area contributed by atoms with Crippen LogP contribution < -0.4 is 0 Å². The molecule has 1 heterocycles. The highest BCUT2D eigenvalue weighted by Gasteiger charge is 2.24. The van der Waals surface area contributed by atoms with Crippen molar-refractivity contribution in [2.45, 2.75) is 31.5 Å². The van der Waals surface area contributed by atoms with Crippen molar-refractivity contribution in [3.05, 3.63) is 17.4 Å². The standard InChI is InChI=1S/C10H17NO3S/c1-7-8(10(2,3)12)6-9(14-7)15(5,13)11-4/h6,12H,1-5H3. The van der Waals surface area contributed by atoms with Crippen LogP contribution in [0.25, 0.3) is 0 Å². The Bertz CT molecular complexity index is 473. The van der Waals surface area contributed by atoms with Crippen LogP contribution in [0.2, 0.25) is 0 Å². The number of rotatable bonds is 2. The molecule has 0 saturated carbocycles. The summed E-state index contributed by atoms with van der Waals surface area (Å²) in [5, 5.41) is 10.2. The summed E-state index contributed by atoms with van der Waals surface area (Å²) in [4.78, 5) is 0. The Balaban J connectivity index is 3.37. The first-order valence-corrected chi connectivity index (χ1v) is 6.54. The molecule has 1 unspecified atom stereocenters. The van der Waals surface area contributed by atoms with Gasteiger partial charge in [-0.15, -0.1) is 0 Å². The number of furan rings is 1. The summed E-state index contributed by atoms with van der Waals surface area (Å²) in [7, 11) is -0.973. The molecule has 15 heavy (non-hydrogen) atoms. The van der Waals surface area contributed by atoms with Crippen LogP contribution in [-0.4, -0.2) is 22.6 Å². The highest BCUT2D eigenvalue weighted by molar-refractivity contribution is 7.92. The molecule has 0 spiro atoms. The van der Waals surface area contributed by atoms with Crippen molar-refractivity contribution in [2.75, 3.05) is 13.3 Å². The topological polar surface area (TPSA) is 62.8 Å². The lowest BCUT2D eigenvalue weighted by atomic mass is 10.00. The third-order valence-electron chi connectivity index (χ3n) is 2.28. The summed E-state index contributed by atoms with van der Waals surface area (Å²) in [5.41, 5.74) is -0.342. The molecular formula is C10H17NO3S. The van der Waals surface area contributed by atoms with Crippen LogP contribution in [-0.2, 0) is 15.3 Å². The minimum Gasteiger partial charge on any atom is -0.451 e. The predicted octanol–water partition coefficient (Wildman–Crippen LogP) is 1.90. The Kier molecular flexibility index (Phi) is 2.98. The second-order valence-electron chi connectivity index (χ2n) is 4.08. The monoisotopic (exact) mass is 231 g/mol. The number of nitrogens with zero attached hydrogens (tertiary/aromatic N) is 1. The maximum Gasteiger partial charge on any atom is 0.198 e.